The standard InChI is InChI=1S/C27H25N7OS/c35-25(20-5-3-6-21(16-20)34-12-4-9-30-34)31-23-8-2-1-7-22(23)26-32-24-15-19(17-29-27(24)36-26)18-33-13-10-28-11-14-33/h1-9,12,15-17,28H,10-11,13-14,18H2,(H,31,35). The molecular formula is C27H25N7OS. The topological polar surface area (TPSA) is 88.0 Å². The van der Waals surface area contributed by atoms with E-state index in [1.165, 1.54) is 16.9 Å². The molecule has 0 saturated carbocycles. The molecule has 1 aliphatic heterocycles. The minimum Gasteiger partial charge on any atom is -0.321 e. The number of rotatable bonds is 6. The van der Waals surface area contributed by atoms with Gasteiger partial charge in [0.15, 0.2) is 0 Å². The summed E-state index contributed by atoms with van der Waals surface area (Å²) in [5.74, 6) is -0.186. The van der Waals surface area contributed by atoms with Gasteiger partial charge in [0.2, 0.25) is 0 Å². The van der Waals surface area contributed by atoms with Crippen LogP contribution in [0.5, 0.6) is 0 Å². The number of carbonyl (C=O) groups is 1. The largest absolute Gasteiger partial charge is 0.321 e. The Hall–Kier alpha value is -3.92. The predicted molar refractivity (Wildman–Crippen MR) is 143 cm³/mol. The zero-order chi connectivity index (χ0) is 24.3. The molecule has 1 amide bonds. The van der Waals surface area contributed by atoms with Crippen LogP contribution < -0.4 is 10.6 Å². The number of benzene rings is 2. The number of pyridine rings is 1. The SMILES string of the molecule is O=C(Nc1ccccc1-c1nc2cc(CN3CCNCC3)cnc2s1)c1cccc(-n2cccn2)c1. The molecule has 5 aromatic rings. The van der Waals surface area contributed by atoms with E-state index in [0.29, 0.717) is 11.3 Å². The van der Waals surface area contributed by atoms with E-state index in [0.717, 1.165) is 59.3 Å². The monoisotopic (exact) mass is 495 g/mol. The molecule has 1 fully saturated rings. The lowest BCUT2D eigenvalue weighted by atomic mass is 10.1. The second kappa shape index (κ2) is 9.98. The molecular weight excluding hydrogens is 470 g/mol. The molecule has 0 bridgehead atoms. The molecule has 1 saturated heterocycles. The van der Waals surface area contributed by atoms with Crippen molar-refractivity contribution in [3.63, 3.8) is 0 Å². The number of aromatic nitrogens is 4. The molecule has 0 spiro atoms. The summed E-state index contributed by atoms with van der Waals surface area (Å²) in [5, 5.41) is 11.5. The fourth-order valence-electron chi connectivity index (χ4n) is 4.38. The summed E-state index contributed by atoms with van der Waals surface area (Å²) in [6, 6.07) is 19.1. The maximum atomic E-state index is 13.1. The minimum absolute atomic E-state index is 0.186. The number of thiazole rings is 1. The third-order valence-corrected chi connectivity index (χ3v) is 7.22. The number of nitrogens with one attached hydrogen (secondary N) is 2. The smallest absolute Gasteiger partial charge is 0.255 e. The highest BCUT2D eigenvalue weighted by atomic mass is 32.1. The average molecular weight is 496 g/mol. The first kappa shape index (κ1) is 22.5. The second-order valence-corrected chi connectivity index (χ2v) is 9.69. The molecule has 2 N–H and O–H groups in total. The van der Waals surface area contributed by atoms with E-state index in [-0.39, 0.29) is 5.91 Å². The van der Waals surface area contributed by atoms with E-state index in [2.05, 4.69) is 31.7 Å². The molecule has 9 heteroatoms. The van der Waals surface area contributed by atoms with Gasteiger partial charge in [0.05, 0.1) is 11.4 Å². The van der Waals surface area contributed by atoms with Gasteiger partial charge in [-0.15, -0.1) is 0 Å². The van der Waals surface area contributed by atoms with Gasteiger partial charge in [-0.25, -0.2) is 14.6 Å². The van der Waals surface area contributed by atoms with Gasteiger partial charge in [-0.05, 0) is 48.0 Å². The van der Waals surface area contributed by atoms with Gasteiger partial charge in [0.25, 0.3) is 5.91 Å². The van der Waals surface area contributed by atoms with Gasteiger partial charge in [-0.3, -0.25) is 9.69 Å². The fourth-order valence-corrected chi connectivity index (χ4v) is 5.31. The Labute approximate surface area is 212 Å². The predicted octanol–water partition coefficient (Wildman–Crippen LogP) is 4.20. The van der Waals surface area contributed by atoms with Crippen molar-refractivity contribution in [1.29, 1.82) is 0 Å². The number of anilines is 1. The molecule has 36 heavy (non-hydrogen) atoms. The summed E-state index contributed by atoms with van der Waals surface area (Å²) in [5.41, 5.74) is 5.03. The van der Waals surface area contributed by atoms with Crippen molar-refractivity contribution in [3.8, 4) is 16.3 Å². The zero-order valence-electron chi connectivity index (χ0n) is 19.6. The summed E-state index contributed by atoms with van der Waals surface area (Å²) >= 11 is 1.53. The second-order valence-electron chi connectivity index (χ2n) is 8.71. The number of amides is 1. The van der Waals surface area contributed by atoms with Gasteiger partial charge in [-0.2, -0.15) is 5.10 Å². The Balaban J connectivity index is 1.25. The zero-order valence-corrected chi connectivity index (χ0v) is 20.4. The molecule has 0 unspecified atom stereocenters. The van der Waals surface area contributed by atoms with Crippen LogP contribution in [0.15, 0.2) is 79.3 Å². The van der Waals surface area contributed by atoms with E-state index >= 15 is 0 Å². The molecule has 0 atom stereocenters. The Morgan fingerprint density at radius 3 is 2.81 bits per heavy atom. The fraction of sp³-hybridized carbons (Fsp3) is 0.185. The van der Waals surface area contributed by atoms with Gasteiger partial charge >= 0.3 is 0 Å². The van der Waals surface area contributed by atoms with Crippen LogP contribution in [0, 0.1) is 0 Å². The normalized spacial score (nSPS) is 14.2. The van der Waals surface area contributed by atoms with Crippen LogP contribution in [0.4, 0.5) is 5.69 Å². The lowest BCUT2D eigenvalue weighted by Crippen LogP contribution is -2.42. The number of carbonyl (C=O) groups excluding carboxylic acids is 1. The van der Waals surface area contributed by atoms with Crippen molar-refractivity contribution < 1.29 is 4.79 Å². The first-order valence-corrected chi connectivity index (χ1v) is 12.7. The van der Waals surface area contributed by atoms with Crippen LogP contribution in [0.25, 0.3) is 26.6 Å². The molecule has 0 aliphatic carbocycles. The molecule has 180 valence electrons. The number of nitrogens with zero attached hydrogens (tertiary/aromatic N) is 5. The third-order valence-electron chi connectivity index (χ3n) is 6.20. The summed E-state index contributed by atoms with van der Waals surface area (Å²) in [6.07, 6.45) is 5.51. The Kier molecular flexibility index (Phi) is 6.25. The molecule has 4 heterocycles. The van der Waals surface area contributed by atoms with Crippen molar-refractivity contribution in [1.82, 2.24) is 30.0 Å². The lowest BCUT2D eigenvalue weighted by molar-refractivity contribution is 0.102. The average Bonchev–Trinajstić information content (AvgIpc) is 3.60. The van der Waals surface area contributed by atoms with Crippen molar-refractivity contribution >= 4 is 33.3 Å². The molecule has 8 nitrogen and oxygen atoms in total. The summed E-state index contributed by atoms with van der Waals surface area (Å²) in [7, 11) is 0. The first-order valence-electron chi connectivity index (χ1n) is 11.9. The molecule has 3 aromatic heterocycles. The van der Waals surface area contributed by atoms with Crippen LogP contribution in [0.2, 0.25) is 0 Å². The van der Waals surface area contributed by atoms with Crippen molar-refractivity contribution in [2.24, 2.45) is 0 Å². The minimum atomic E-state index is -0.186. The van der Waals surface area contributed by atoms with Crippen molar-refractivity contribution in [2.45, 2.75) is 6.54 Å². The van der Waals surface area contributed by atoms with Crippen molar-refractivity contribution in [3.05, 3.63) is 90.4 Å². The van der Waals surface area contributed by atoms with E-state index in [9.17, 15) is 4.79 Å². The molecule has 6 rings (SSSR count). The van der Waals surface area contributed by atoms with E-state index in [1.807, 2.05) is 60.9 Å². The van der Waals surface area contributed by atoms with Crippen LogP contribution in [0.1, 0.15) is 15.9 Å². The summed E-state index contributed by atoms with van der Waals surface area (Å²) in [4.78, 5) is 26.0. The van der Waals surface area contributed by atoms with E-state index in [1.54, 1.807) is 16.9 Å². The van der Waals surface area contributed by atoms with Crippen LogP contribution in [-0.4, -0.2) is 56.7 Å². The highest BCUT2D eigenvalue weighted by molar-refractivity contribution is 7.21. The maximum Gasteiger partial charge on any atom is 0.255 e. The van der Waals surface area contributed by atoms with Crippen LogP contribution in [-0.2, 0) is 6.54 Å². The third kappa shape index (κ3) is 4.76. The molecule has 0 radical (unpaired) electrons. The van der Waals surface area contributed by atoms with Gasteiger partial charge < -0.3 is 10.6 Å². The molecule has 2 aromatic carbocycles. The first-order chi connectivity index (χ1) is 17.7. The Morgan fingerprint density at radius 1 is 1.06 bits per heavy atom. The highest BCUT2D eigenvalue weighted by Crippen LogP contribution is 2.34. The Bertz CT molecular complexity index is 1510. The number of para-hydroxylation sites is 1. The quantitative estimate of drug-likeness (QED) is 0.367. The van der Waals surface area contributed by atoms with Gasteiger partial charge in [0, 0.05) is 62.4 Å². The number of hydrogen-bond acceptors (Lipinski definition) is 7. The van der Waals surface area contributed by atoms with Crippen LogP contribution >= 0.6 is 11.3 Å². The van der Waals surface area contributed by atoms with Crippen LogP contribution in [0.3, 0.4) is 0 Å². The number of hydrogen-bond donors (Lipinski definition) is 2. The highest BCUT2D eigenvalue weighted by Gasteiger charge is 2.16. The summed E-state index contributed by atoms with van der Waals surface area (Å²) < 4.78 is 1.73. The Morgan fingerprint density at radius 2 is 1.94 bits per heavy atom. The summed E-state index contributed by atoms with van der Waals surface area (Å²) in [6.45, 7) is 5.00. The van der Waals surface area contributed by atoms with Gasteiger partial charge in [-0.1, -0.05) is 29.5 Å². The van der Waals surface area contributed by atoms with Crippen molar-refractivity contribution in [2.75, 3.05) is 31.5 Å². The van der Waals surface area contributed by atoms with E-state index in [4.69, 9.17) is 4.98 Å². The van der Waals surface area contributed by atoms with E-state index < -0.39 is 0 Å². The molecule has 1 aliphatic rings. The number of piperazine rings is 1. The maximum absolute atomic E-state index is 13.1. The lowest BCUT2D eigenvalue weighted by Gasteiger charge is -2.26. The number of fused-ring (bicyclic) bond motifs is 1. The van der Waals surface area contributed by atoms with Gasteiger partial charge in [0.1, 0.15) is 15.4 Å².